The summed E-state index contributed by atoms with van der Waals surface area (Å²) in [4.78, 5) is 57.6. The Kier molecular flexibility index (Phi) is 10.3. The summed E-state index contributed by atoms with van der Waals surface area (Å²) in [6, 6.07) is 13.7. The van der Waals surface area contributed by atoms with Crippen molar-refractivity contribution in [1.82, 2.24) is 20.4 Å². The molecule has 10 heteroatoms. The number of nitrogens with zero attached hydrogens (tertiary/aromatic N) is 2. The van der Waals surface area contributed by atoms with Gasteiger partial charge in [0.05, 0.1) is 6.61 Å². The van der Waals surface area contributed by atoms with E-state index in [4.69, 9.17) is 17.4 Å². The molecule has 0 aliphatic carbocycles. The first-order valence-corrected chi connectivity index (χ1v) is 15.9. The molecule has 0 aromatic heterocycles. The summed E-state index contributed by atoms with van der Waals surface area (Å²) in [6.07, 6.45) is 4.48. The Morgan fingerprint density at radius 2 is 1.79 bits per heavy atom. The van der Waals surface area contributed by atoms with Gasteiger partial charge in [-0.2, -0.15) is 12.6 Å². The third-order valence-electron chi connectivity index (χ3n) is 8.86. The monoisotopic (exact) mass is 606 g/mol. The van der Waals surface area contributed by atoms with Crippen LogP contribution in [0.3, 0.4) is 0 Å². The Hall–Kier alpha value is -3.53. The van der Waals surface area contributed by atoms with Crippen molar-refractivity contribution in [2.75, 3.05) is 26.2 Å². The minimum Gasteiger partial charge on any atom is -0.494 e. The molecule has 43 heavy (non-hydrogen) atoms. The zero-order chi connectivity index (χ0) is 30.3. The second-order valence-corrected chi connectivity index (χ2v) is 12.5. The highest BCUT2D eigenvalue weighted by atomic mass is 32.1. The fraction of sp³-hybridized carbons (Fsp3) is 0.515. The van der Waals surface area contributed by atoms with Gasteiger partial charge in [0, 0.05) is 32.6 Å². The topological polar surface area (TPSA) is 108 Å². The van der Waals surface area contributed by atoms with Crippen molar-refractivity contribution < 1.29 is 23.9 Å². The van der Waals surface area contributed by atoms with Crippen LogP contribution in [0.5, 0.6) is 5.75 Å². The highest BCUT2D eigenvalue weighted by molar-refractivity contribution is 7.82. The summed E-state index contributed by atoms with van der Waals surface area (Å²) in [5.74, 6) is -0.292. The van der Waals surface area contributed by atoms with E-state index < -0.39 is 23.2 Å². The lowest BCUT2D eigenvalue weighted by Crippen LogP contribution is -2.60. The molecule has 2 unspecified atom stereocenters. The van der Waals surface area contributed by atoms with Crippen molar-refractivity contribution in [3.05, 3.63) is 65.2 Å². The summed E-state index contributed by atoms with van der Waals surface area (Å²) < 4.78 is 6.10. The van der Waals surface area contributed by atoms with Crippen molar-refractivity contribution >= 4 is 36.3 Å². The zero-order valence-corrected chi connectivity index (χ0v) is 25.7. The van der Waals surface area contributed by atoms with E-state index in [9.17, 15) is 19.2 Å². The van der Waals surface area contributed by atoms with Crippen molar-refractivity contribution in [2.45, 2.75) is 75.7 Å². The van der Waals surface area contributed by atoms with Gasteiger partial charge in [0.2, 0.25) is 23.6 Å². The lowest BCUT2D eigenvalue weighted by Gasteiger charge is -2.37. The van der Waals surface area contributed by atoms with E-state index in [0.29, 0.717) is 51.9 Å². The van der Waals surface area contributed by atoms with Gasteiger partial charge in [-0.1, -0.05) is 36.4 Å². The van der Waals surface area contributed by atoms with Crippen LogP contribution in [-0.2, 0) is 32.1 Å². The van der Waals surface area contributed by atoms with Gasteiger partial charge < -0.3 is 25.2 Å². The highest BCUT2D eigenvalue weighted by Crippen LogP contribution is 2.26. The van der Waals surface area contributed by atoms with Crippen LogP contribution < -0.4 is 15.4 Å². The predicted molar refractivity (Wildman–Crippen MR) is 167 cm³/mol. The summed E-state index contributed by atoms with van der Waals surface area (Å²) in [5.41, 5.74) is 3.00. The molecule has 230 valence electrons. The molecule has 2 fully saturated rings. The lowest BCUT2D eigenvalue weighted by molar-refractivity contribution is -0.143. The number of thiol groups is 1. The molecule has 9 nitrogen and oxygen atoms in total. The molecule has 2 N–H and O–H groups in total. The van der Waals surface area contributed by atoms with Crippen LogP contribution in [-0.4, -0.2) is 77.0 Å². The quantitative estimate of drug-likeness (QED) is 0.464. The van der Waals surface area contributed by atoms with Crippen LogP contribution >= 0.6 is 12.6 Å². The molecule has 3 aliphatic rings. The van der Waals surface area contributed by atoms with Gasteiger partial charge in [-0.15, -0.1) is 0 Å². The number of piperidine rings is 1. The number of nitrogens with one attached hydrogen (secondary N) is 2. The summed E-state index contributed by atoms with van der Waals surface area (Å²) in [5, 5.41) is 4.89. The van der Waals surface area contributed by atoms with Crippen LogP contribution in [0, 0.1) is 12.8 Å². The Morgan fingerprint density at radius 3 is 2.56 bits per heavy atom. The number of benzene rings is 2. The number of rotatable bonds is 4. The van der Waals surface area contributed by atoms with Gasteiger partial charge in [-0.05, 0) is 80.2 Å². The minimum absolute atomic E-state index is 0.177. The molecule has 2 aromatic carbocycles. The average molecular weight is 607 g/mol. The van der Waals surface area contributed by atoms with Crippen LogP contribution in [0.25, 0.3) is 0 Å². The van der Waals surface area contributed by atoms with E-state index >= 15 is 0 Å². The normalized spacial score (nSPS) is 25.8. The van der Waals surface area contributed by atoms with Crippen LogP contribution in [0.15, 0.2) is 48.5 Å². The van der Waals surface area contributed by atoms with E-state index in [1.165, 1.54) is 4.90 Å². The Morgan fingerprint density at radius 1 is 0.977 bits per heavy atom. The Bertz CT molecular complexity index is 1320. The maximum atomic E-state index is 14.0. The number of hydrogen-bond donors (Lipinski definition) is 3. The first kappa shape index (κ1) is 30.9. The van der Waals surface area contributed by atoms with Gasteiger partial charge in [0.15, 0.2) is 0 Å². The third-order valence-corrected chi connectivity index (χ3v) is 9.37. The summed E-state index contributed by atoms with van der Waals surface area (Å²) >= 11 is 4.70. The van der Waals surface area contributed by atoms with Gasteiger partial charge >= 0.3 is 0 Å². The average Bonchev–Trinajstić information content (AvgIpc) is 3.44. The molecule has 5 rings (SSSR count). The minimum atomic E-state index is -1.11. The van der Waals surface area contributed by atoms with Crippen LogP contribution in [0.4, 0.5) is 0 Å². The summed E-state index contributed by atoms with van der Waals surface area (Å²) in [7, 11) is 0. The van der Waals surface area contributed by atoms with E-state index in [1.807, 2.05) is 55.5 Å². The molecule has 3 aliphatic heterocycles. The van der Waals surface area contributed by atoms with E-state index in [2.05, 4.69) is 10.6 Å². The number of aryl methyl sites for hydroxylation is 2. The Balaban J connectivity index is 1.45. The number of ether oxygens (including phenoxy) is 1. The van der Waals surface area contributed by atoms with E-state index in [1.54, 1.807) is 4.90 Å². The SMILES string of the molecule is Cc1ccc2cc1CNC(=O)[C@H](CCc1ccccc1)NC(=O)[C@@H](N1CCCC1=O)C(S)C(=O)N1CCCC(CCO2)C1. The smallest absolute Gasteiger partial charge is 0.245 e. The number of fused-ring (bicyclic) bond motifs is 4. The van der Waals surface area contributed by atoms with Crippen LogP contribution in [0.1, 0.15) is 55.2 Å². The Labute approximate surface area is 259 Å². The van der Waals surface area contributed by atoms with Crippen molar-refractivity contribution in [3.8, 4) is 5.75 Å². The van der Waals surface area contributed by atoms with E-state index in [-0.39, 0.29) is 30.2 Å². The van der Waals surface area contributed by atoms with Gasteiger partial charge in [0.1, 0.15) is 23.1 Å². The second-order valence-electron chi connectivity index (χ2n) is 11.9. The van der Waals surface area contributed by atoms with Gasteiger partial charge in [-0.3, -0.25) is 19.2 Å². The standard InChI is InChI=1S/C33H42N4O5S/c1-22-11-13-26-19-25(22)20-34-31(39)27(14-12-23-7-3-2-4-8-23)35-32(40)29(37-17-6-10-28(37)38)30(43)33(41)36-16-5-9-24(21-36)15-18-42-26/h2-4,7-8,11,13,19,24,27,29-30,43H,5-6,9-10,12,14-18,20-21H2,1H3,(H,34,39)(H,35,40)/t24?,27-,29-,30?/m0/s1. The third kappa shape index (κ3) is 7.71. The maximum Gasteiger partial charge on any atom is 0.245 e. The first-order valence-electron chi connectivity index (χ1n) is 15.4. The fourth-order valence-electron chi connectivity index (χ4n) is 6.30. The lowest BCUT2D eigenvalue weighted by atomic mass is 9.94. The molecule has 0 spiro atoms. The number of carbonyl (C=O) groups is 4. The molecule has 2 saturated heterocycles. The molecule has 4 atom stereocenters. The highest BCUT2D eigenvalue weighted by Gasteiger charge is 2.43. The predicted octanol–water partition coefficient (Wildman–Crippen LogP) is 3.04. The summed E-state index contributed by atoms with van der Waals surface area (Å²) in [6.45, 7) is 4.29. The number of amides is 4. The number of hydrogen-bond acceptors (Lipinski definition) is 6. The van der Waals surface area contributed by atoms with Crippen molar-refractivity contribution in [3.63, 3.8) is 0 Å². The van der Waals surface area contributed by atoms with Gasteiger partial charge in [0.25, 0.3) is 0 Å². The van der Waals surface area contributed by atoms with E-state index in [0.717, 1.165) is 41.7 Å². The van der Waals surface area contributed by atoms with Crippen molar-refractivity contribution in [2.24, 2.45) is 5.92 Å². The molecule has 4 bridgehead atoms. The maximum absolute atomic E-state index is 14.0. The van der Waals surface area contributed by atoms with Crippen molar-refractivity contribution in [1.29, 1.82) is 0 Å². The molecular formula is C33H42N4O5S. The molecule has 3 heterocycles. The number of carbonyl (C=O) groups excluding carboxylic acids is 4. The van der Waals surface area contributed by atoms with Gasteiger partial charge in [-0.25, -0.2) is 0 Å². The zero-order valence-electron chi connectivity index (χ0n) is 24.8. The molecule has 4 amide bonds. The van der Waals surface area contributed by atoms with Crippen LogP contribution in [0.2, 0.25) is 0 Å². The molecule has 2 aromatic rings. The molecule has 0 radical (unpaired) electrons. The fourth-order valence-corrected chi connectivity index (χ4v) is 6.76. The first-order chi connectivity index (χ1) is 20.8. The largest absolute Gasteiger partial charge is 0.494 e. The molecular weight excluding hydrogens is 564 g/mol. The molecule has 0 saturated carbocycles. The second kappa shape index (κ2) is 14.3. The number of likely N-dealkylation sites (tertiary alicyclic amines) is 1.